The number of guanidine groups is 1. The Kier molecular flexibility index (Phi) is 8.31. The second kappa shape index (κ2) is 9.26. The van der Waals surface area contributed by atoms with Gasteiger partial charge in [0.15, 0.2) is 5.96 Å². The summed E-state index contributed by atoms with van der Waals surface area (Å²) in [6, 6.07) is 8.21. The number of hydrogen-bond donors (Lipinski definition) is 2. The van der Waals surface area contributed by atoms with Crippen molar-refractivity contribution in [3.05, 3.63) is 34.3 Å². The molecule has 3 nitrogen and oxygen atoms in total. The fraction of sp³-hybridized carbons (Fsp3) is 0.562. The zero-order chi connectivity index (χ0) is 16.9. The van der Waals surface area contributed by atoms with Gasteiger partial charge < -0.3 is 10.6 Å². The maximum absolute atomic E-state index is 12.2. The van der Waals surface area contributed by atoms with Crippen LogP contribution >= 0.6 is 39.9 Å². The van der Waals surface area contributed by atoms with E-state index in [1.807, 2.05) is 12.1 Å². The van der Waals surface area contributed by atoms with Crippen LogP contribution in [0.1, 0.15) is 31.2 Å². The Bertz CT molecular complexity index is 560. The molecule has 1 fully saturated rings. The number of nitrogens with one attached hydrogen (secondary N) is 2. The van der Waals surface area contributed by atoms with Crippen molar-refractivity contribution in [3.63, 3.8) is 0 Å². The summed E-state index contributed by atoms with van der Waals surface area (Å²) in [5.74, 6) is 0.413. The van der Waals surface area contributed by atoms with Crippen LogP contribution in [0, 0.1) is 0 Å². The smallest absolute Gasteiger partial charge is 0.356 e. The van der Waals surface area contributed by atoms with Gasteiger partial charge in [-0.05, 0) is 30.5 Å². The summed E-state index contributed by atoms with van der Waals surface area (Å²) >= 11 is 3.49. The quantitative estimate of drug-likeness (QED) is 0.339. The van der Waals surface area contributed by atoms with Crippen LogP contribution in [0.5, 0.6) is 0 Å². The first-order chi connectivity index (χ1) is 10.8. The van der Waals surface area contributed by atoms with Crippen molar-refractivity contribution in [2.45, 2.75) is 37.3 Å². The molecule has 136 valence electrons. The van der Waals surface area contributed by atoms with E-state index in [2.05, 4.69) is 43.7 Å². The van der Waals surface area contributed by atoms with Crippen molar-refractivity contribution >= 4 is 45.9 Å². The minimum Gasteiger partial charge on any atom is -0.356 e. The minimum absolute atomic E-state index is 0. The van der Waals surface area contributed by atoms with E-state index in [1.54, 1.807) is 7.05 Å². The average molecular weight is 520 g/mol. The van der Waals surface area contributed by atoms with Crippen molar-refractivity contribution < 1.29 is 13.2 Å². The van der Waals surface area contributed by atoms with Crippen molar-refractivity contribution in [1.82, 2.24) is 10.6 Å². The van der Waals surface area contributed by atoms with Gasteiger partial charge in [0.1, 0.15) is 0 Å². The number of halogens is 5. The van der Waals surface area contributed by atoms with E-state index in [1.165, 1.54) is 5.56 Å². The normalized spacial score (nSPS) is 16.8. The third kappa shape index (κ3) is 6.09. The van der Waals surface area contributed by atoms with Gasteiger partial charge in [0.2, 0.25) is 0 Å². The van der Waals surface area contributed by atoms with E-state index in [0.29, 0.717) is 12.5 Å². The summed E-state index contributed by atoms with van der Waals surface area (Å²) in [4.78, 5) is 4.00. The van der Waals surface area contributed by atoms with Crippen LogP contribution in [0.4, 0.5) is 13.2 Å². The van der Waals surface area contributed by atoms with E-state index >= 15 is 0 Å². The van der Waals surface area contributed by atoms with Gasteiger partial charge in [-0.1, -0.05) is 34.5 Å². The van der Waals surface area contributed by atoms with Crippen LogP contribution in [0.2, 0.25) is 0 Å². The molecule has 2 N–H and O–H groups in total. The molecule has 0 amide bonds. The summed E-state index contributed by atoms with van der Waals surface area (Å²) in [6.07, 6.45) is -1.73. The van der Waals surface area contributed by atoms with Gasteiger partial charge in [-0.15, -0.1) is 24.0 Å². The zero-order valence-electron chi connectivity index (χ0n) is 13.4. The van der Waals surface area contributed by atoms with Crippen LogP contribution < -0.4 is 10.6 Å². The molecule has 1 aliphatic rings. The van der Waals surface area contributed by atoms with Gasteiger partial charge in [0.25, 0.3) is 0 Å². The first kappa shape index (κ1) is 21.5. The number of benzene rings is 1. The molecule has 0 atom stereocenters. The third-order valence-electron chi connectivity index (χ3n) is 4.27. The zero-order valence-corrected chi connectivity index (χ0v) is 17.3. The molecule has 24 heavy (non-hydrogen) atoms. The number of nitrogens with zero attached hydrogens (tertiary/aromatic N) is 1. The molecule has 0 unspecified atom stereocenters. The first-order valence-electron chi connectivity index (χ1n) is 7.62. The highest BCUT2D eigenvalue weighted by Crippen LogP contribution is 2.43. The minimum atomic E-state index is -4.16. The van der Waals surface area contributed by atoms with Crippen LogP contribution in [0.3, 0.4) is 0 Å². The Morgan fingerprint density at radius 2 is 2.00 bits per heavy atom. The lowest BCUT2D eigenvalue weighted by atomic mass is 9.64. The topological polar surface area (TPSA) is 36.4 Å². The predicted octanol–water partition coefficient (Wildman–Crippen LogP) is 4.61. The Morgan fingerprint density at radius 1 is 1.29 bits per heavy atom. The molecule has 1 aromatic carbocycles. The highest BCUT2D eigenvalue weighted by Gasteiger charge is 2.38. The van der Waals surface area contributed by atoms with Gasteiger partial charge in [-0.2, -0.15) is 13.2 Å². The van der Waals surface area contributed by atoms with Crippen molar-refractivity contribution in [2.75, 3.05) is 20.1 Å². The summed E-state index contributed by atoms with van der Waals surface area (Å²) in [5.41, 5.74) is 1.28. The summed E-state index contributed by atoms with van der Waals surface area (Å²) in [6.45, 7) is 0.488. The van der Waals surface area contributed by atoms with Crippen molar-refractivity contribution in [2.24, 2.45) is 4.99 Å². The predicted molar refractivity (Wildman–Crippen MR) is 105 cm³/mol. The lowest BCUT2D eigenvalue weighted by molar-refractivity contribution is -0.132. The van der Waals surface area contributed by atoms with Gasteiger partial charge >= 0.3 is 6.18 Å². The Morgan fingerprint density at radius 3 is 2.50 bits per heavy atom. The molecule has 0 spiro atoms. The molecule has 0 bridgehead atoms. The van der Waals surface area contributed by atoms with Gasteiger partial charge in [0.05, 0.1) is 6.42 Å². The lowest BCUT2D eigenvalue weighted by Crippen LogP contribution is -2.49. The van der Waals surface area contributed by atoms with E-state index in [-0.39, 0.29) is 35.9 Å². The molecule has 0 aromatic heterocycles. The molecule has 1 saturated carbocycles. The maximum atomic E-state index is 12.2. The van der Waals surface area contributed by atoms with Crippen LogP contribution in [0.15, 0.2) is 33.7 Å². The second-order valence-corrected chi connectivity index (χ2v) is 6.78. The van der Waals surface area contributed by atoms with Crippen LogP contribution in [-0.4, -0.2) is 32.3 Å². The molecule has 0 heterocycles. The lowest BCUT2D eigenvalue weighted by Gasteiger charge is -2.43. The molecular formula is C16H22BrF3IN3. The molecule has 0 aliphatic heterocycles. The standard InChI is InChI=1S/C16H21BrF3N3.HI/c1-21-14(22-9-8-16(18,19)20)23-11-15(6-3-7-15)12-4-2-5-13(17)10-12;/h2,4-5,10H,3,6-9,11H2,1H3,(H2,21,22,23);1H. The SMILES string of the molecule is CN=C(NCCC(F)(F)F)NCC1(c2cccc(Br)c2)CCC1.I. The Hall–Kier alpha value is -0.510. The highest BCUT2D eigenvalue weighted by atomic mass is 127. The fourth-order valence-corrected chi connectivity index (χ4v) is 3.18. The van der Waals surface area contributed by atoms with Crippen LogP contribution in [0.25, 0.3) is 0 Å². The Balaban J connectivity index is 0.00000288. The van der Waals surface area contributed by atoms with Crippen molar-refractivity contribution in [1.29, 1.82) is 0 Å². The van der Waals surface area contributed by atoms with E-state index in [9.17, 15) is 13.2 Å². The number of alkyl halides is 3. The van der Waals surface area contributed by atoms with E-state index in [4.69, 9.17) is 0 Å². The van der Waals surface area contributed by atoms with Gasteiger partial charge in [-0.3, -0.25) is 4.99 Å². The molecular weight excluding hydrogens is 498 g/mol. The third-order valence-corrected chi connectivity index (χ3v) is 4.76. The van der Waals surface area contributed by atoms with Crippen molar-refractivity contribution in [3.8, 4) is 0 Å². The van der Waals surface area contributed by atoms with Crippen LogP contribution in [-0.2, 0) is 5.41 Å². The fourth-order valence-electron chi connectivity index (χ4n) is 2.79. The highest BCUT2D eigenvalue weighted by molar-refractivity contribution is 14.0. The summed E-state index contributed by atoms with van der Waals surface area (Å²) < 4.78 is 37.6. The molecule has 1 aromatic rings. The largest absolute Gasteiger partial charge is 0.390 e. The first-order valence-corrected chi connectivity index (χ1v) is 8.41. The monoisotopic (exact) mass is 519 g/mol. The van der Waals surface area contributed by atoms with E-state index < -0.39 is 12.6 Å². The molecule has 0 saturated heterocycles. The van der Waals surface area contributed by atoms with Gasteiger partial charge in [-0.25, -0.2) is 0 Å². The summed E-state index contributed by atoms with van der Waals surface area (Å²) in [7, 11) is 1.56. The van der Waals surface area contributed by atoms with E-state index in [0.717, 1.165) is 23.7 Å². The summed E-state index contributed by atoms with van der Waals surface area (Å²) in [5, 5.41) is 5.89. The maximum Gasteiger partial charge on any atom is 0.390 e. The number of rotatable bonds is 5. The average Bonchev–Trinajstić information content (AvgIpc) is 2.43. The van der Waals surface area contributed by atoms with Gasteiger partial charge in [0, 0.05) is 30.0 Å². The number of aliphatic imine (C=N–C) groups is 1. The second-order valence-electron chi connectivity index (χ2n) is 5.86. The number of hydrogen-bond acceptors (Lipinski definition) is 1. The Labute approximate surface area is 166 Å². The molecule has 2 rings (SSSR count). The molecule has 8 heteroatoms. The molecule has 1 aliphatic carbocycles. The molecule has 0 radical (unpaired) electrons.